The third-order valence-corrected chi connectivity index (χ3v) is 10.6. The van der Waals surface area contributed by atoms with Crippen LogP contribution in [0.4, 0.5) is 0 Å². The van der Waals surface area contributed by atoms with E-state index in [-0.39, 0.29) is 0 Å². The van der Waals surface area contributed by atoms with E-state index in [1.165, 1.54) is 82.2 Å². The third kappa shape index (κ3) is 4.12. The molecule has 0 radical (unpaired) electrons. The van der Waals surface area contributed by atoms with Crippen LogP contribution in [0.2, 0.25) is 0 Å². The molecule has 0 aliphatic heterocycles. The normalized spacial score (nSPS) is 11.9. The second-order valence-electron chi connectivity index (χ2n) is 13.4. The van der Waals surface area contributed by atoms with Crippen molar-refractivity contribution in [2.24, 2.45) is 0 Å². The Hall–Kier alpha value is -6.84. The van der Waals surface area contributed by atoms with Crippen molar-refractivity contribution in [3.05, 3.63) is 188 Å². The summed E-state index contributed by atoms with van der Waals surface area (Å²) in [5.74, 6) is 0. The molecule has 0 amide bonds. The van der Waals surface area contributed by atoms with Gasteiger partial charge in [-0.25, -0.2) is 0 Å². The molecule has 3 nitrogen and oxygen atoms in total. The molecule has 0 spiro atoms. The first-order valence-electron chi connectivity index (χ1n) is 17.5. The number of nitrogens with zero attached hydrogens (tertiary/aromatic N) is 3. The van der Waals surface area contributed by atoms with Crippen molar-refractivity contribution in [3.8, 4) is 28.2 Å². The second-order valence-corrected chi connectivity index (χ2v) is 13.4. The molecule has 11 aromatic rings. The molecule has 3 heterocycles. The van der Waals surface area contributed by atoms with Crippen molar-refractivity contribution in [1.29, 1.82) is 0 Å². The summed E-state index contributed by atoms with van der Waals surface area (Å²) in [6.45, 7) is 0. The van der Waals surface area contributed by atoms with Crippen LogP contribution in [0.3, 0.4) is 0 Å². The zero-order valence-electron chi connectivity index (χ0n) is 27.7. The summed E-state index contributed by atoms with van der Waals surface area (Å²) in [5, 5.41) is 7.54. The molecule has 0 aliphatic rings. The monoisotopic (exact) mass is 649 g/mol. The Bertz CT molecular complexity index is 3110. The zero-order valence-corrected chi connectivity index (χ0v) is 27.7. The minimum absolute atomic E-state index is 1.15. The van der Waals surface area contributed by atoms with Gasteiger partial charge in [-0.1, -0.05) is 109 Å². The highest BCUT2D eigenvalue weighted by Gasteiger charge is 2.19. The molecule has 0 N–H and O–H groups in total. The van der Waals surface area contributed by atoms with Gasteiger partial charge in [-0.2, -0.15) is 0 Å². The molecule has 0 fully saturated rings. The van der Waals surface area contributed by atoms with Crippen LogP contribution < -0.4 is 0 Å². The highest BCUT2D eigenvalue weighted by molar-refractivity contribution is 6.20. The summed E-state index contributed by atoms with van der Waals surface area (Å²) >= 11 is 0. The van der Waals surface area contributed by atoms with Gasteiger partial charge in [0.05, 0.1) is 33.1 Å². The van der Waals surface area contributed by atoms with E-state index in [9.17, 15) is 0 Å². The van der Waals surface area contributed by atoms with E-state index in [4.69, 9.17) is 0 Å². The first-order chi connectivity index (χ1) is 25.3. The lowest BCUT2D eigenvalue weighted by molar-refractivity contribution is 1.16. The number of hydrogen-bond donors (Lipinski definition) is 0. The Morgan fingerprint density at radius 2 is 0.588 bits per heavy atom. The summed E-state index contributed by atoms with van der Waals surface area (Å²) in [7, 11) is 0. The van der Waals surface area contributed by atoms with Gasteiger partial charge >= 0.3 is 0 Å². The summed E-state index contributed by atoms with van der Waals surface area (Å²) < 4.78 is 7.23. The molecular weight excluding hydrogens is 619 g/mol. The van der Waals surface area contributed by atoms with Gasteiger partial charge in [-0.05, 0) is 90.0 Å². The molecule has 0 aliphatic carbocycles. The predicted molar refractivity (Wildman–Crippen MR) is 215 cm³/mol. The topological polar surface area (TPSA) is 14.8 Å². The fourth-order valence-corrected chi connectivity index (χ4v) is 8.38. The van der Waals surface area contributed by atoms with E-state index in [1.807, 2.05) is 0 Å². The number of para-hydroxylation sites is 5. The number of benzene rings is 8. The van der Waals surface area contributed by atoms with Crippen LogP contribution in [-0.4, -0.2) is 13.7 Å². The van der Waals surface area contributed by atoms with Crippen molar-refractivity contribution in [3.63, 3.8) is 0 Å². The number of fused-ring (bicyclic) bond motifs is 9. The average molecular weight is 650 g/mol. The summed E-state index contributed by atoms with van der Waals surface area (Å²) in [4.78, 5) is 0. The van der Waals surface area contributed by atoms with Crippen LogP contribution in [-0.2, 0) is 0 Å². The quantitative estimate of drug-likeness (QED) is 0.180. The van der Waals surface area contributed by atoms with Crippen molar-refractivity contribution in [2.45, 2.75) is 0 Å². The molecule has 3 aromatic heterocycles. The maximum atomic E-state index is 2.43. The third-order valence-electron chi connectivity index (χ3n) is 10.6. The van der Waals surface area contributed by atoms with E-state index in [2.05, 4.69) is 202 Å². The molecule has 0 saturated carbocycles. The van der Waals surface area contributed by atoms with Crippen LogP contribution in [0.15, 0.2) is 188 Å². The molecule has 11 rings (SSSR count). The number of aromatic nitrogens is 3. The number of hydrogen-bond acceptors (Lipinski definition) is 0. The predicted octanol–water partition coefficient (Wildman–Crippen LogP) is 12.6. The van der Waals surface area contributed by atoms with Gasteiger partial charge in [0.1, 0.15) is 0 Å². The minimum Gasteiger partial charge on any atom is -0.309 e. The Balaban J connectivity index is 1.20. The van der Waals surface area contributed by atoms with Crippen LogP contribution in [0.1, 0.15) is 0 Å². The molecule has 238 valence electrons. The van der Waals surface area contributed by atoms with E-state index < -0.39 is 0 Å². The van der Waals surface area contributed by atoms with Crippen LogP contribution >= 0.6 is 0 Å². The van der Waals surface area contributed by atoms with Crippen molar-refractivity contribution >= 4 is 65.4 Å². The number of rotatable bonds is 4. The van der Waals surface area contributed by atoms with Gasteiger partial charge in [-0.15, -0.1) is 0 Å². The largest absolute Gasteiger partial charge is 0.309 e. The van der Waals surface area contributed by atoms with Crippen molar-refractivity contribution in [2.75, 3.05) is 0 Å². The molecular formula is C48H31N3. The molecule has 3 heteroatoms. The van der Waals surface area contributed by atoms with Crippen LogP contribution in [0, 0.1) is 0 Å². The van der Waals surface area contributed by atoms with Crippen molar-refractivity contribution < 1.29 is 0 Å². The standard InChI is InChI=1S/C48H31N3/c1-4-14-34(15-5-1)49-43-22-12-10-20-37(43)39-26-24-33(29-46(39)49)32-25-27-45-40(28-32)42-30-41-38-21-11-13-23-44(38)50(35-16-6-2-7-17-35)47(41)31-48(42)51(45)36-18-8-3-9-19-36/h1-31H. The lowest BCUT2D eigenvalue weighted by Crippen LogP contribution is -1.95. The summed E-state index contributed by atoms with van der Waals surface area (Å²) in [5.41, 5.74) is 13.1. The van der Waals surface area contributed by atoms with Gasteiger partial charge in [0.15, 0.2) is 0 Å². The fourth-order valence-electron chi connectivity index (χ4n) is 8.38. The van der Waals surface area contributed by atoms with Crippen LogP contribution in [0.5, 0.6) is 0 Å². The van der Waals surface area contributed by atoms with Gasteiger partial charge < -0.3 is 13.7 Å². The maximum absolute atomic E-state index is 2.43. The van der Waals surface area contributed by atoms with Gasteiger partial charge in [0.2, 0.25) is 0 Å². The van der Waals surface area contributed by atoms with Gasteiger partial charge in [-0.3, -0.25) is 0 Å². The summed E-state index contributed by atoms with van der Waals surface area (Å²) in [6.07, 6.45) is 0. The van der Waals surface area contributed by atoms with Crippen molar-refractivity contribution in [1.82, 2.24) is 13.7 Å². The first-order valence-corrected chi connectivity index (χ1v) is 17.5. The van der Waals surface area contributed by atoms with Crippen LogP contribution in [0.25, 0.3) is 93.6 Å². The molecule has 0 bridgehead atoms. The Morgan fingerprint density at radius 1 is 0.216 bits per heavy atom. The Labute approximate surface area is 294 Å². The van der Waals surface area contributed by atoms with E-state index in [1.54, 1.807) is 0 Å². The Morgan fingerprint density at radius 3 is 1.16 bits per heavy atom. The first kappa shape index (κ1) is 28.0. The maximum Gasteiger partial charge on any atom is 0.0562 e. The van der Waals surface area contributed by atoms with E-state index in [0.717, 1.165) is 11.4 Å². The van der Waals surface area contributed by atoms with E-state index in [0.29, 0.717) is 0 Å². The minimum atomic E-state index is 1.15. The highest BCUT2D eigenvalue weighted by atomic mass is 15.0. The molecule has 0 atom stereocenters. The van der Waals surface area contributed by atoms with Gasteiger partial charge in [0.25, 0.3) is 0 Å². The van der Waals surface area contributed by atoms with Gasteiger partial charge in [0, 0.05) is 49.4 Å². The summed E-state index contributed by atoms with van der Waals surface area (Å²) in [6, 6.07) is 68.4. The molecule has 0 unspecified atom stereocenters. The lowest BCUT2D eigenvalue weighted by Gasteiger charge is -2.10. The second kappa shape index (κ2) is 10.8. The molecule has 8 aromatic carbocycles. The molecule has 0 saturated heterocycles. The Kier molecular flexibility index (Phi) is 5.96. The highest BCUT2D eigenvalue weighted by Crippen LogP contribution is 2.41. The smallest absolute Gasteiger partial charge is 0.0562 e. The average Bonchev–Trinajstić information content (AvgIpc) is 3.82. The molecule has 51 heavy (non-hydrogen) atoms. The lowest BCUT2D eigenvalue weighted by atomic mass is 10.0. The fraction of sp³-hybridized carbons (Fsp3) is 0. The van der Waals surface area contributed by atoms with E-state index >= 15 is 0 Å². The zero-order chi connectivity index (χ0) is 33.5. The SMILES string of the molecule is c1ccc(-n2c3ccccc3c3ccc(-c4ccc5c(c4)c4cc6c7ccccc7n(-c7ccccc7)c6cc4n5-c4ccccc4)cc32)cc1.